The van der Waals surface area contributed by atoms with Crippen LogP contribution in [0.15, 0.2) is 18.2 Å². The second-order valence-electron chi connectivity index (χ2n) is 4.31. The van der Waals surface area contributed by atoms with Gasteiger partial charge in [-0.3, -0.25) is 4.79 Å². The quantitative estimate of drug-likeness (QED) is 0.571. The molecular weight excluding hydrogens is 215 g/mol. The van der Waals surface area contributed by atoms with Gasteiger partial charge in [-0.15, -0.1) is 11.6 Å². The van der Waals surface area contributed by atoms with E-state index in [1.165, 1.54) is 18.2 Å². The Kier molecular flexibility index (Phi) is 3.50. The van der Waals surface area contributed by atoms with Gasteiger partial charge in [-0.2, -0.15) is 0 Å². The van der Waals surface area contributed by atoms with E-state index in [1.807, 2.05) is 0 Å². The Balaban J connectivity index is 3.12. The Morgan fingerprint density at radius 1 is 1.47 bits per heavy atom. The molecule has 0 heterocycles. The number of carbonyl (C=O) groups is 1. The van der Waals surface area contributed by atoms with Gasteiger partial charge >= 0.3 is 0 Å². The van der Waals surface area contributed by atoms with Crippen molar-refractivity contribution in [3.63, 3.8) is 0 Å². The second kappa shape index (κ2) is 4.31. The summed E-state index contributed by atoms with van der Waals surface area (Å²) in [5, 5.41) is 0. The Hall–Kier alpha value is -0.890. The lowest BCUT2D eigenvalue weighted by Crippen LogP contribution is -2.26. The largest absolute Gasteiger partial charge is 0.294 e. The molecule has 0 bridgehead atoms. The second-order valence-corrected chi connectivity index (χ2v) is 4.57. The summed E-state index contributed by atoms with van der Waals surface area (Å²) in [5.41, 5.74) is 0.588. The summed E-state index contributed by atoms with van der Waals surface area (Å²) in [7, 11) is 0. The summed E-state index contributed by atoms with van der Waals surface area (Å²) in [6, 6.07) is 4.17. The minimum atomic E-state index is -0.607. The van der Waals surface area contributed by atoms with Crippen LogP contribution in [0.5, 0.6) is 0 Å². The molecule has 0 saturated heterocycles. The van der Waals surface area contributed by atoms with E-state index in [0.29, 0.717) is 11.1 Å². The molecule has 15 heavy (non-hydrogen) atoms. The molecule has 0 aliphatic heterocycles. The Morgan fingerprint density at radius 3 is 2.53 bits per heavy atom. The van der Waals surface area contributed by atoms with Crippen molar-refractivity contribution in [2.24, 2.45) is 5.41 Å². The number of Topliss-reactive ketones (excluding diaryl/α,β-unsaturated/α-hetero) is 1. The van der Waals surface area contributed by atoms with E-state index in [9.17, 15) is 9.18 Å². The molecule has 0 saturated carbocycles. The van der Waals surface area contributed by atoms with Crippen LogP contribution in [0.25, 0.3) is 0 Å². The molecule has 1 nitrogen and oxygen atoms in total. The Bertz CT molecular complexity index is 385. The number of rotatable bonds is 3. The van der Waals surface area contributed by atoms with Crippen LogP contribution in [0.1, 0.15) is 29.8 Å². The van der Waals surface area contributed by atoms with Crippen LogP contribution < -0.4 is 0 Å². The fourth-order valence-corrected chi connectivity index (χ4v) is 1.43. The van der Waals surface area contributed by atoms with E-state index in [2.05, 4.69) is 0 Å². The first-order valence-corrected chi connectivity index (χ1v) is 5.29. The molecule has 0 fully saturated rings. The van der Waals surface area contributed by atoms with Crippen molar-refractivity contribution < 1.29 is 9.18 Å². The van der Waals surface area contributed by atoms with Crippen molar-refractivity contribution in [3.8, 4) is 0 Å². The first-order chi connectivity index (χ1) is 6.88. The van der Waals surface area contributed by atoms with E-state index in [4.69, 9.17) is 11.6 Å². The predicted molar refractivity (Wildman–Crippen MR) is 60.0 cm³/mol. The molecule has 1 rings (SSSR count). The van der Waals surface area contributed by atoms with Crippen molar-refractivity contribution in [1.29, 1.82) is 0 Å². The van der Waals surface area contributed by atoms with Gasteiger partial charge in [0.05, 0.1) is 0 Å². The molecule has 1 aromatic rings. The van der Waals surface area contributed by atoms with Crippen LogP contribution in [0.4, 0.5) is 4.39 Å². The van der Waals surface area contributed by atoms with E-state index < -0.39 is 5.41 Å². The lowest BCUT2D eigenvalue weighted by molar-refractivity contribution is 0.0861. The molecule has 0 aliphatic rings. The highest BCUT2D eigenvalue weighted by molar-refractivity contribution is 6.21. The standard InChI is InChI=1S/C12H14ClFO/c1-8-6-9(14)4-5-10(8)11(15)12(2,3)7-13/h4-6H,7H2,1-3H3. The highest BCUT2D eigenvalue weighted by Gasteiger charge is 2.28. The summed E-state index contributed by atoms with van der Waals surface area (Å²) in [4.78, 5) is 12.0. The van der Waals surface area contributed by atoms with Crippen LogP contribution in [0.2, 0.25) is 0 Å². The van der Waals surface area contributed by atoms with Gasteiger partial charge in [-0.1, -0.05) is 13.8 Å². The molecule has 0 N–H and O–H groups in total. The van der Waals surface area contributed by atoms with Crippen LogP contribution in [-0.4, -0.2) is 11.7 Å². The van der Waals surface area contributed by atoms with Gasteiger partial charge in [0, 0.05) is 16.9 Å². The Labute approximate surface area is 94.3 Å². The molecule has 3 heteroatoms. The lowest BCUT2D eigenvalue weighted by atomic mass is 9.85. The molecule has 0 atom stereocenters. The average molecular weight is 229 g/mol. The van der Waals surface area contributed by atoms with Gasteiger partial charge in [0.1, 0.15) is 5.82 Å². The molecule has 0 radical (unpaired) electrons. The lowest BCUT2D eigenvalue weighted by Gasteiger charge is -2.20. The number of benzene rings is 1. The van der Waals surface area contributed by atoms with Gasteiger partial charge in [-0.25, -0.2) is 4.39 Å². The molecule has 0 amide bonds. The summed E-state index contributed by atoms with van der Waals surface area (Å²) in [5.74, 6) is -0.120. The maximum atomic E-state index is 12.9. The molecule has 1 aromatic carbocycles. The minimum absolute atomic E-state index is 0.0463. The number of hydrogen-bond acceptors (Lipinski definition) is 1. The van der Waals surface area contributed by atoms with Gasteiger partial charge < -0.3 is 0 Å². The van der Waals surface area contributed by atoms with Gasteiger partial charge in [-0.05, 0) is 30.7 Å². The highest BCUT2D eigenvalue weighted by Crippen LogP contribution is 2.25. The predicted octanol–water partition coefficient (Wildman–Crippen LogP) is 3.58. The zero-order valence-corrected chi connectivity index (χ0v) is 9.86. The number of halogens is 2. The molecule has 0 unspecified atom stereocenters. The average Bonchev–Trinajstić information content (AvgIpc) is 2.17. The first-order valence-electron chi connectivity index (χ1n) is 4.75. The minimum Gasteiger partial charge on any atom is -0.294 e. The summed E-state index contributed by atoms with van der Waals surface area (Å²) in [6.07, 6.45) is 0. The molecule has 0 spiro atoms. The third kappa shape index (κ3) is 2.57. The molecule has 82 valence electrons. The zero-order valence-electron chi connectivity index (χ0n) is 9.10. The number of aryl methyl sites for hydroxylation is 1. The molecule has 0 aromatic heterocycles. The van der Waals surface area contributed by atoms with Crippen LogP contribution >= 0.6 is 11.6 Å². The maximum Gasteiger partial charge on any atom is 0.169 e. The van der Waals surface area contributed by atoms with Crippen molar-refractivity contribution in [3.05, 3.63) is 35.1 Å². The van der Waals surface area contributed by atoms with Crippen LogP contribution in [-0.2, 0) is 0 Å². The highest BCUT2D eigenvalue weighted by atomic mass is 35.5. The Morgan fingerprint density at radius 2 is 2.07 bits per heavy atom. The number of alkyl halides is 1. The topological polar surface area (TPSA) is 17.1 Å². The van der Waals surface area contributed by atoms with Crippen molar-refractivity contribution in [1.82, 2.24) is 0 Å². The van der Waals surface area contributed by atoms with Crippen LogP contribution in [0.3, 0.4) is 0 Å². The van der Waals surface area contributed by atoms with Gasteiger partial charge in [0.15, 0.2) is 5.78 Å². The number of hydrogen-bond donors (Lipinski definition) is 0. The third-order valence-corrected chi connectivity index (χ3v) is 3.05. The number of carbonyl (C=O) groups excluding carboxylic acids is 1. The first kappa shape index (κ1) is 12.2. The van der Waals surface area contributed by atoms with Gasteiger partial charge in [0.2, 0.25) is 0 Å². The molecular formula is C12H14ClFO. The fourth-order valence-electron chi connectivity index (χ4n) is 1.31. The van der Waals surface area contributed by atoms with Crippen molar-refractivity contribution in [2.45, 2.75) is 20.8 Å². The van der Waals surface area contributed by atoms with Crippen molar-refractivity contribution in [2.75, 3.05) is 5.88 Å². The smallest absolute Gasteiger partial charge is 0.169 e. The van der Waals surface area contributed by atoms with E-state index >= 15 is 0 Å². The summed E-state index contributed by atoms with van der Waals surface area (Å²) in [6.45, 7) is 5.29. The zero-order chi connectivity index (χ0) is 11.6. The van der Waals surface area contributed by atoms with Crippen molar-refractivity contribution >= 4 is 17.4 Å². The molecule has 0 aliphatic carbocycles. The third-order valence-electron chi connectivity index (χ3n) is 2.38. The summed E-state index contributed by atoms with van der Waals surface area (Å²) < 4.78 is 12.9. The monoisotopic (exact) mass is 228 g/mol. The SMILES string of the molecule is Cc1cc(F)ccc1C(=O)C(C)(C)CCl. The maximum absolute atomic E-state index is 12.9. The number of ketones is 1. The van der Waals surface area contributed by atoms with E-state index in [0.717, 1.165) is 0 Å². The summed E-state index contributed by atoms with van der Waals surface area (Å²) >= 11 is 5.73. The normalized spacial score (nSPS) is 11.5. The van der Waals surface area contributed by atoms with Crippen LogP contribution in [0, 0.1) is 18.2 Å². The van der Waals surface area contributed by atoms with Gasteiger partial charge in [0.25, 0.3) is 0 Å². The van der Waals surface area contributed by atoms with E-state index in [1.54, 1.807) is 20.8 Å². The van der Waals surface area contributed by atoms with E-state index in [-0.39, 0.29) is 17.5 Å². The fraction of sp³-hybridized carbons (Fsp3) is 0.417.